The van der Waals surface area contributed by atoms with Gasteiger partial charge in [0, 0.05) is 17.8 Å². The van der Waals surface area contributed by atoms with E-state index in [-0.39, 0.29) is 0 Å². The third-order valence-electron chi connectivity index (χ3n) is 3.97. The lowest BCUT2D eigenvalue weighted by atomic mass is 10.0. The van der Waals surface area contributed by atoms with Gasteiger partial charge in [0.15, 0.2) is 0 Å². The van der Waals surface area contributed by atoms with Crippen LogP contribution in [0.2, 0.25) is 0 Å². The molecule has 0 aromatic heterocycles. The molecule has 2 rings (SSSR count). The summed E-state index contributed by atoms with van der Waals surface area (Å²) in [5, 5.41) is 4.55. The molecule has 0 spiro atoms. The van der Waals surface area contributed by atoms with E-state index in [1.54, 1.807) is 0 Å². The Hall–Kier alpha value is -0.470. The van der Waals surface area contributed by atoms with Crippen molar-refractivity contribution in [3.63, 3.8) is 0 Å². The zero-order valence-electron chi connectivity index (χ0n) is 11.8. The van der Waals surface area contributed by atoms with Crippen molar-refractivity contribution in [3.8, 4) is 0 Å². The van der Waals surface area contributed by atoms with Crippen LogP contribution in [0.25, 0.3) is 0 Å². The molecule has 1 N–H and O–H groups in total. The molecule has 2 heteroatoms. The van der Waals surface area contributed by atoms with Gasteiger partial charge in [-0.3, -0.25) is 0 Å². The van der Waals surface area contributed by atoms with Crippen molar-refractivity contribution in [2.45, 2.75) is 56.9 Å². The number of hydrogen-bond donors (Lipinski definition) is 1. The Labute approximate surface area is 116 Å². The maximum absolute atomic E-state index is 3.73. The van der Waals surface area contributed by atoms with E-state index in [9.17, 15) is 0 Å². The molecule has 0 aliphatic heterocycles. The van der Waals surface area contributed by atoms with E-state index in [0.29, 0.717) is 12.0 Å². The second-order valence-electron chi connectivity index (χ2n) is 5.59. The molecule has 0 saturated heterocycles. The highest BCUT2D eigenvalue weighted by molar-refractivity contribution is 7.99. The molecule has 0 amide bonds. The fraction of sp³-hybridized carbons (Fsp3) is 0.625. The van der Waals surface area contributed by atoms with Crippen LogP contribution in [-0.2, 0) is 6.54 Å². The van der Waals surface area contributed by atoms with Crippen LogP contribution in [-0.4, -0.2) is 17.5 Å². The Morgan fingerprint density at radius 1 is 1.22 bits per heavy atom. The van der Waals surface area contributed by atoms with E-state index < -0.39 is 0 Å². The second kappa shape index (κ2) is 6.63. The average Bonchev–Trinajstić information content (AvgIpc) is 2.84. The zero-order valence-corrected chi connectivity index (χ0v) is 12.6. The lowest BCUT2D eigenvalue weighted by Gasteiger charge is -2.19. The van der Waals surface area contributed by atoms with Gasteiger partial charge in [0.25, 0.3) is 0 Å². The van der Waals surface area contributed by atoms with Crippen LogP contribution in [0.4, 0.5) is 0 Å². The third-order valence-corrected chi connectivity index (χ3v) is 5.14. The first-order valence-electron chi connectivity index (χ1n) is 7.05. The summed E-state index contributed by atoms with van der Waals surface area (Å²) in [6.07, 6.45) is 6.35. The van der Waals surface area contributed by atoms with Crippen LogP contribution in [0, 0.1) is 0 Å². The van der Waals surface area contributed by atoms with Gasteiger partial charge in [-0.15, -0.1) is 0 Å². The minimum atomic E-state index is 0.628. The first-order chi connectivity index (χ1) is 8.70. The van der Waals surface area contributed by atoms with Gasteiger partial charge in [0.2, 0.25) is 0 Å². The van der Waals surface area contributed by atoms with Crippen LogP contribution >= 0.6 is 11.8 Å². The lowest BCUT2D eigenvalue weighted by molar-refractivity contribution is 0.532. The quantitative estimate of drug-likeness (QED) is 0.855. The minimum Gasteiger partial charge on any atom is -0.309 e. The molecule has 1 aliphatic carbocycles. The van der Waals surface area contributed by atoms with Gasteiger partial charge >= 0.3 is 0 Å². The standard InChI is InChI=1S/C16H25NS/c1-12(2)14-9-7-13(8-10-14)11-17-15-5-4-6-16(15)18-3/h7-10,12,15-17H,4-6,11H2,1-3H3. The topological polar surface area (TPSA) is 12.0 Å². The molecule has 0 radical (unpaired) electrons. The lowest BCUT2D eigenvalue weighted by Crippen LogP contribution is -2.33. The van der Waals surface area contributed by atoms with Crippen LogP contribution in [0.1, 0.15) is 50.2 Å². The summed E-state index contributed by atoms with van der Waals surface area (Å²) < 4.78 is 0. The molecule has 2 unspecified atom stereocenters. The van der Waals surface area contributed by atoms with Gasteiger partial charge in [-0.25, -0.2) is 0 Å². The fourth-order valence-corrected chi connectivity index (χ4v) is 3.67. The van der Waals surface area contributed by atoms with Gasteiger partial charge in [-0.2, -0.15) is 11.8 Å². The number of thioether (sulfide) groups is 1. The van der Waals surface area contributed by atoms with Crippen LogP contribution < -0.4 is 5.32 Å². The first kappa shape index (κ1) is 14.0. The summed E-state index contributed by atoms with van der Waals surface area (Å²) in [6.45, 7) is 5.50. The largest absolute Gasteiger partial charge is 0.309 e. The molecule has 0 bridgehead atoms. The van der Waals surface area contributed by atoms with Crippen molar-refractivity contribution in [2.24, 2.45) is 0 Å². The smallest absolute Gasteiger partial charge is 0.0208 e. The van der Waals surface area contributed by atoms with E-state index in [1.165, 1.54) is 30.4 Å². The predicted molar refractivity (Wildman–Crippen MR) is 82.3 cm³/mol. The molecule has 2 atom stereocenters. The highest BCUT2D eigenvalue weighted by Crippen LogP contribution is 2.28. The Morgan fingerprint density at radius 3 is 2.56 bits per heavy atom. The summed E-state index contributed by atoms with van der Waals surface area (Å²) in [4.78, 5) is 0. The summed E-state index contributed by atoms with van der Waals surface area (Å²) >= 11 is 2.02. The Kier molecular flexibility index (Phi) is 5.13. The van der Waals surface area contributed by atoms with Crippen molar-refractivity contribution >= 4 is 11.8 Å². The van der Waals surface area contributed by atoms with E-state index in [0.717, 1.165) is 11.8 Å². The molecule has 1 nitrogen and oxygen atoms in total. The molecular weight excluding hydrogens is 238 g/mol. The van der Waals surface area contributed by atoms with Gasteiger partial charge in [0.1, 0.15) is 0 Å². The Bertz CT molecular complexity index is 358. The second-order valence-corrected chi connectivity index (χ2v) is 6.67. The molecule has 1 aromatic rings. The van der Waals surface area contributed by atoms with Crippen LogP contribution in [0.3, 0.4) is 0 Å². The van der Waals surface area contributed by atoms with Gasteiger partial charge in [0.05, 0.1) is 0 Å². The normalized spacial score (nSPS) is 23.8. The summed E-state index contributed by atoms with van der Waals surface area (Å²) in [7, 11) is 0. The summed E-state index contributed by atoms with van der Waals surface area (Å²) in [5.41, 5.74) is 2.84. The van der Waals surface area contributed by atoms with E-state index >= 15 is 0 Å². The average molecular weight is 263 g/mol. The number of rotatable bonds is 5. The molecule has 1 fully saturated rings. The molecular formula is C16H25NS. The van der Waals surface area contributed by atoms with Crippen LogP contribution in [0.5, 0.6) is 0 Å². The maximum atomic E-state index is 3.73. The minimum absolute atomic E-state index is 0.628. The van der Waals surface area contributed by atoms with E-state index in [2.05, 4.69) is 49.7 Å². The highest BCUT2D eigenvalue weighted by atomic mass is 32.2. The SMILES string of the molecule is CSC1CCCC1NCc1ccc(C(C)C)cc1. The molecule has 100 valence electrons. The van der Waals surface area contributed by atoms with Crippen molar-refractivity contribution in [1.29, 1.82) is 0 Å². The molecule has 0 heterocycles. The summed E-state index contributed by atoms with van der Waals surface area (Å²) in [5.74, 6) is 0.628. The van der Waals surface area contributed by atoms with Crippen molar-refractivity contribution in [1.82, 2.24) is 5.32 Å². The highest BCUT2D eigenvalue weighted by Gasteiger charge is 2.25. The molecule has 18 heavy (non-hydrogen) atoms. The van der Waals surface area contributed by atoms with Gasteiger partial charge < -0.3 is 5.32 Å². The van der Waals surface area contributed by atoms with Gasteiger partial charge in [-0.1, -0.05) is 44.5 Å². The van der Waals surface area contributed by atoms with E-state index in [4.69, 9.17) is 0 Å². The Morgan fingerprint density at radius 2 is 1.94 bits per heavy atom. The number of benzene rings is 1. The maximum Gasteiger partial charge on any atom is 0.0208 e. The Balaban J connectivity index is 1.86. The third kappa shape index (κ3) is 3.52. The van der Waals surface area contributed by atoms with Crippen molar-refractivity contribution in [2.75, 3.05) is 6.26 Å². The number of nitrogens with one attached hydrogen (secondary N) is 1. The van der Waals surface area contributed by atoms with Gasteiger partial charge in [-0.05, 0) is 36.1 Å². The van der Waals surface area contributed by atoms with Crippen molar-refractivity contribution < 1.29 is 0 Å². The number of hydrogen-bond acceptors (Lipinski definition) is 2. The fourth-order valence-electron chi connectivity index (χ4n) is 2.71. The van der Waals surface area contributed by atoms with E-state index in [1.807, 2.05) is 11.8 Å². The first-order valence-corrected chi connectivity index (χ1v) is 8.34. The predicted octanol–water partition coefficient (Wildman–Crippen LogP) is 4.18. The zero-order chi connectivity index (χ0) is 13.0. The summed E-state index contributed by atoms with van der Waals surface area (Å²) in [6, 6.07) is 9.78. The van der Waals surface area contributed by atoms with Crippen molar-refractivity contribution in [3.05, 3.63) is 35.4 Å². The molecule has 1 aliphatic rings. The van der Waals surface area contributed by atoms with Crippen LogP contribution in [0.15, 0.2) is 24.3 Å². The molecule has 1 aromatic carbocycles. The molecule has 1 saturated carbocycles. The monoisotopic (exact) mass is 263 g/mol.